The number of carbonyl (C=O) groups is 1. The molecule has 1 aliphatic heterocycles. The molecule has 5 nitrogen and oxygen atoms in total. The standard InChI is InChI=1S/C15H22N2O3/c1-11(17-9-7-12(18)8-10-17)15(19)16-13-5-3-4-6-14(13)20-2/h3-6,11-12,18H,7-10H2,1-2H3,(H,16,19). The molecule has 20 heavy (non-hydrogen) atoms. The summed E-state index contributed by atoms with van der Waals surface area (Å²) in [5.41, 5.74) is 0.684. The predicted molar refractivity (Wildman–Crippen MR) is 77.9 cm³/mol. The number of piperidine rings is 1. The Morgan fingerprint density at radius 1 is 1.40 bits per heavy atom. The van der Waals surface area contributed by atoms with Crippen molar-refractivity contribution in [2.75, 3.05) is 25.5 Å². The number of amides is 1. The Balaban J connectivity index is 1.97. The molecule has 0 saturated carbocycles. The van der Waals surface area contributed by atoms with Crippen molar-refractivity contribution in [1.29, 1.82) is 0 Å². The second-order valence-corrected chi connectivity index (χ2v) is 5.13. The normalized spacial score (nSPS) is 18.6. The second kappa shape index (κ2) is 6.72. The van der Waals surface area contributed by atoms with Crippen LogP contribution in [0.3, 0.4) is 0 Å². The van der Waals surface area contributed by atoms with Crippen molar-refractivity contribution in [3.8, 4) is 5.75 Å². The van der Waals surface area contributed by atoms with E-state index >= 15 is 0 Å². The van der Waals surface area contributed by atoms with E-state index in [1.165, 1.54) is 0 Å². The van der Waals surface area contributed by atoms with Crippen LogP contribution in [0.2, 0.25) is 0 Å². The van der Waals surface area contributed by atoms with E-state index in [1.807, 2.05) is 31.2 Å². The van der Waals surface area contributed by atoms with Crippen LogP contribution in [-0.2, 0) is 4.79 Å². The number of ether oxygens (including phenoxy) is 1. The molecule has 1 heterocycles. The fourth-order valence-corrected chi connectivity index (χ4v) is 2.42. The van der Waals surface area contributed by atoms with E-state index in [1.54, 1.807) is 7.11 Å². The first-order valence-electron chi connectivity index (χ1n) is 6.98. The Bertz CT molecular complexity index is 456. The van der Waals surface area contributed by atoms with Crippen LogP contribution in [0.25, 0.3) is 0 Å². The van der Waals surface area contributed by atoms with Crippen molar-refractivity contribution in [3.63, 3.8) is 0 Å². The average molecular weight is 278 g/mol. The van der Waals surface area contributed by atoms with Gasteiger partial charge in [0.1, 0.15) is 5.75 Å². The Hall–Kier alpha value is -1.59. The lowest BCUT2D eigenvalue weighted by atomic mass is 10.1. The first kappa shape index (κ1) is 14.8. The lowest BCUT2D eigenvalue weighted by Gasteiger charge is -2.33. The smallest absolute Gasteiger partial charge is 0.241 e. The number of nitrogens with zero attached hydrogens (tertiary/aromatic N) is 1. The van der Waals surface area contributed by atoms with E-state index in [0.29, 0.717) is 11.4 Å². The summed E-state index contributed by atoms with van der Waals surface area (Å²) in [5, 5.41) is 12.4. The summed E-state index contributed by atoms with van der Waals surface area (Å²) in [7, 11) is 1.58. The third-order valence-corrected chi connectivity index (χ3v) is 3.79. The van der Waals surface area contributed by atoms with Gasteiger partial charge in [-0.3, -0.25) is 9.69 Å². The maximum Gasteiger partial charge on any atom is 0.241 e. The van der Waals surface area contributed by atoms with E-state index in [9.17, 15) is 9.90 Å². The molecule has 1 atom stereocenters. The topological polar surface area (TPSA) is 61.8 Å². The predicted octanol–water partition coefficient (Wildman–Crippen LogP) is 1.48. The van der Waals surface area contributed by atoms with Gasteiger partial charge < -0.3 is 15.2 Å². The SMILES string of the molecule is COc1ccccc1NC(=O)C(C)N1CCC(O)CC1. The number of para-hydroxylation sites is 2. The number of likely N-dealkylation sites (tertiary alicyclic amines) is 1. The lowest BCUT2D eigenvalue weighted by Crippen LogP contribution is -2.47. The molecule has 110 valence electrons. The third-order valence-electron chi connectivity index (χ3n) is 3.79. The summed E-state index contributed by atoms with van der Waals surface area (Å²) in [4.78, 5) is 14.4. The molecule has 0 aliphatic carbocycles. The van der Waals surface area contributed by atoms with Crippen molar-refractivity contribution in [2.24, 2.45) is 0 Å². The summed E-state index contributed by atoms with van der Waals surface area (Å²) in [6, 6.07) is 7.15. The molecule has 1 aromatic carbocycles. The van der Waals surface area contributed by atoms with E-state index < -0.39 is 0 Å². The summed E-state index contributed by atoms with van der Waals surface area (Å²) in [6.45, 7) is 3.39. The van der Waals surface area contributed by atoms with E-state index in [0.717, 1.165) is 25.9 Å². The van der Waals surface area contributed by atoms with Crippen LogP contribution in [-0.4, -0.2) is 48.3 Å². The minimum Gasteiger partial charge on any atom is -0.495 e. The average Bonchev–Trinajstić information content (AvgIpc) is 2.48. The monoisotopic (exact) mass is 278 g/mol. The second-order valence-electron chi connectivity index (χ2n) is 5.13. The Morgan fingerprint density at radius 3 is 2.70 bits per heavy atom. The van der Waals surface area contributed by atoms with Gasteiger partial charge in [0.2, 0.25) is 5.91 Å². The lowest BCUT2D eigenvalue weighted by molar-refractivity contribution is -0.121. The number of rotatable bonds is 4. The number of carbonyl (C=O) groups excluding carboxylic acids is 1. The molecule has 1 aromatic rings. The van der Waals surface area contributed by atoms with Crippen molar-refractivity contribution < 1.29 is 14.6 Å². The molecule has 2 rings (SSSR count). The fourth-order valence-electron chi connectivity index (χ4n) is 2.42. The summed E-state index contributed by atoms with van der Waals surface area (Å²) < 4.78 is 5.22. The molecule has 1 unspecified atom stereocenters. The van der Waals surface area contributed by atoms with Crippen LogP contribution in [0, 0.1) is 0 Å². The van der Waals surface area contributed by atoms with E-state index in [4.69, 9.17) is 4.74 Å². The van der Waals surface area contributed by atoms with Gasteiger partial charge in [0.15, 0.2) is 0 Å². The van der Waals surface area contributed by atoms with Gasteiger partial charge in [0.05, 0.1) is 24.9 Å². The van der Waals surface area contributed by atoms with Gasteiger partial charge >= 0.3 is 0 Å². The molecule has 5 heteroatoms. The zero-order valence-corrected chi connectivity index (χ0v) is 12.0. The van der Waals surface area contributed by atoms with Crippen molar-refractivity contribution in [2.45, 2.75) is 31.9 Å². The van der Waals surface area contributed by atoms with Crippen LogP contribution in [0.15, 0.2) is 24.3 Å². The zero-order chi connectivity index (χ0) is 14.5. The molecular formula is C15H22N2O3. The Labute approximate surface area is 119 Å². The van der Waals surface area contributed by atoms with Crippen molar-refractivity contribution in [1.82, 2.24) is 4.90 Å². The molecule has 2 N–H and O–H groups in total. The molecule has 0 spiro atoms. The molecule has 1 fully saturated rings. The Morgan fingerprint density at radius 2 is 2.05 bits per heavy atom. The first-order chi connectivity index (χ1) is 9.61. The fraction of sp³-hybridized carbons (Fsp3) is 0.533. The number of benzene rings is 1. The van der Waals surface area contributed by atoms with Gasteiger partial charge in [-0.15, -0.1) is 0 Å². The number of hydrogen-bond acceptors (Lipinski definition) is 4. The van der Waals surface area contributed by atoms with Crippen LogP contribution in [0.4, 0.5) is 5.69 Å². The number of aliphatic hydroxyl groups is 1. The number of hydrogen-bond donors (Lipinski definition) is 2. The molecule has 1 amide bonds. The summed E-state index contributed by atoms with van der Waals surface area (Å²) in [5.74, 6) is 0.605. The summed E-state index contributed by atoms with van der Waals surface area (Å²) >= 11 is 0. The van der Waals surface area contributed by atoms with E-state index in [-0.39, 0.29) is 18.1 Å². The third kappa shape index (κ3) is 3.49. The van der Waals surface area contributed by atoms with Crippen LogP contribution >= 0.6 is 0 Å². The Kier molecular flexibility index (Phi) is 4.98. The van der Waals surface area contributed by atoms with Gasteiger partial charge in [-0.1, -0.05) is 12.1 Å². The molecule has 0 aromatic heterocycles. The zero-order valence-electron chi connectivity index (χ0n) is 12.0. The highest BCUT2D eigenvalue weighted by atomic mass is 16.5. The highest BCUT2D eigenvalue weighted by Gasteiger charge is 2.26. The van der Waals surface area contributed by atoms with Gasteiger partial charge in [-0.05, 0) is 31.9 Å². The quantitative estimate of drug-likeness (QED) is 0.875. The minimum absolute atomic E-state index is 0.0501. The number of anilines is 1. The van der Waals surface area contributed by atoms with Gasteiger partial charge in [0, 0.05) is 13.1 Å². The van der Waals surface area contributed by atoms with Gasteiger partial charge in [-0.25, -0.2) is 0 Å². The number of nitrogens with one attached hydrogen (secondary N) is 1. The minimum atomic E-state index is -0.226. The molecule has 0 radical (unpaired) electrons. The first-order valence-corrected chi connectivity index (χ1v) is 6.98. The summed E-state index contributed by atoms with van der Waals surface area (Å²) in [6.07, 6.45) is 1.23. The van der Waals surface area contributed by atoms with Crippen LogP contribution in [0.1, 0.15) is 19.8 Å². The number of aliphatic hydroxyl groups excluding tert-OH is 1. The maximum absolute atomic E-state index is 12.3. The molecule has 0 bridgehead atoms. The van der Waals surface area contributed by atoms with Crippen LogP contribution < -0.4 is 10.1 Å². The highest BCUT2D eigenvalue weighted by Crippen LogP contribution is 2.23. The maximum atomic E-state index is 12.3. The largest absolute Gasteiger partial charge is 0.495 e. The van der Waals surface area contributed by atoms with Gasteiger partial charge in [0.25, 0.3) is 0 Å². The van der Waals surface area contributed by atoms with Gasteiger partial charge in [-0.2, -0.15) is 0 Å². The van der Waals surface area contributed by atoms with Crippen molar-refractivity contribution >= 4 is 11.6 Å². The van der Waals surface area contributed by atoms with E-state index in [2.05, 4.69) is 10.2 Å². The highest BCUT2D eigenvalue weighted by molar-refractivity contribution is 5.95. The molecule has 1 saturated heterocycles. The van der Waals surface area contributed by atoms with Crippen LogP contribution in [0.5, 0.6) is 5.75 Å². The molecular weight excluding hydrogens is 256 g/mol. The number of methoxy groups -OCH3 is 1. The molecule has 1 aliphatic rings. The van der Waals surface area contributed by atoms with Crippen molar-refractivity contribution in [3.05, 3.63) is 24.3 Å².